The van der Waals surface area contributed by atoms with Crippen molar-refractivity contribution >= 4 is 29.3 Å². The number of benzene rings is 5. The lowest BCUT2D eigenvalue weighted by Crippen LogP contribution is -2.45. The van der Waals surface area contributed by atoms with Crippen molar-refractivity contribution in [3.63, 3.8) is 0 Å². The monoisotopic (exact) mass is 706 g/mol. The maximum atomic E-state index is 13.4. The van der Waals surface area contributed by atoms with Gasteiger partial charge < -0.3 is 9.47 Å². The second kappa shape index (κ2) is 12.6. The number of fused-ring (bicyclic) bond motifs is 2. The number of anilines is 1. The van der Waals surface area contributed by atoms with Gasteiger partial charge in [-0.05, 0) is 116 Å². The zero-order chi connectivity index (χ0) is 38.0. The third-order valence-electron chi connectivity index (χ3n) is 10.0. The van der Waals surface area contributed by atoms with Crippen molar-refractivity contribution in [1.82, 2.24) is 4.90 Å². The summed E-state index contributed by atoms with van der Waals surface area (Å²) in [7, 11) is 0. The molecule has 0 fully saturated rings. The maximum Gasteiger partial charge on any atom is 0.266 e. The van der Waals surface area contributed by atoms with Crippen LogP contribution >= 0.6 is 0 Å². The van der Waals surface area contributed by atoms with E-state index in [2.05, 4.69) is 34.6 Å². The summed E-state index contributed by atoms with van der Waals surface area (Å²) in [5, 5.41) is 0. The van der Waals surface area contributed by atoms with Crippen LogP contribution in [0.15, 0.2) is 109 Å². The van der Waals surface area contributed by atoms with Crippen molar-refractivity contribution in [3.05, 3.63) is 148 Å². The molecular weight excluding hydrogens is 665 g/mol. The Hall–Kier alpha value is -6.02. The minimum Gasteiger partial charge on any atom is -0.457 e. The van der Waals surface area contributed by atoms with Gasteiger partial charge in [-0.3, -0.25) is 24.1 Å². The Morgan fingerprint density at radius 1 is 0.415 bits per heavy atom. The highest BCUT2D eigenvalue weighted by atomic mass is 16.5. The van der Waals surface area contributed by atoms with E-state index in [1.54, 1.807) is 36.4 Å². The quantitative estimate of drug-likeness (QED) is 0.156. The Bertz CT molecular complexity index is 2290. The van der Waals surface area contributed by atoms with Crippen molar-refractivity contribution in [2.45, 2.75) is 71.8 Å². The van der Waals surface area contributed by atoms with Gasteiger partial charge in [0.05, 0.1) is 27.9 Å². The summed E-state index contributed by atoms with van der Waals surface area (Å²) in [5.41, 5.74) is 4.14. The molecule has 0 saturated carbocycles. The van der Waals surface area contributed by atoms with Crippen LogP contribution in [0.4, 0.5) is 5.69 Å². The van der Waals surface area contributed by atoms with Gasteiger partial charge in [0.1, 0.15) is 23.0 Å². The zero-order valence-corrected chi connectivity index (χ0v) is 31.2. The summed E-state index contributed by atoms with van der Waals surface area (Å²) < 4.78 is 12.2. The average molecular weight is 707 g/mol. The molecule has 0 bridgehead atoms. The lowest BCUT2D eigenvalue weighted by Gasteiger charge is -2.29. The van der Waals surface area contributed by atoms with Gasteiger partial charge in [-0.25, -0.2) is 4.90 Å². The van der Waals surface area contributed by atoms with E-state index in [0.29, 0.717) is 50.9 Å². The van der Waals surface area contributed by atoms with E-state index in [9.17, 15) is 19.2 Å². The zero-order valence-electron chi connectivity index (χ0n) is 31.2. The molecule has 2 heterocycles. The number of hydrogen-bond acceptors (Lipinski definition) is 6. The Kier molecular flexibility index (Phi) is 8.40. The smallest absolute Gasteiger partial charge is 0.266 e. The number of ether oxygens (including phenoxy) is 2. The molecule has 0 saturated heterocycles. The largest absolute Gasteiger partial charge is 0.457 e. The molecule has 0 N–H and O–H groups in total. The Morgan fingerprint density at radius 2 is 0.792 bits per heavy atom. The molecule has 8 heteroatoms. The summed E-state index contributed by atoms with van der Waals surface area (Å²) in [6.45, 7) is 16.1. The third kappa shape index (κ3) is 6.39. The molecular formula is C45H42N2O6. The van der Waals surface area contributed by atoms with Crippen LogP contribution in [0.3, 0.4) is 0 Å². The van der Waals surface area contributed by atoms with E-state index in [-0.39, 0.29) is 34.5 Å². The first-order valence-corrected chi connectivity index (χ1v) is 17.7. The maximum absolute atomic E-state index is 13.4. The van der Waals surface area contributed by atoms with Crippen LogP contribution in [0, 0.1) is 0 Å². The van der Waals surface area contributed by atoms with Crippen molar-refractivity contribution in [3.8, 4) is 23.0 Å². The van der Waals surface area contributed by atoms with Gasteiger partial charge in [0.15, 0.2) is 0 Å². The van der Waals surface area contributed by atoms with Gasteiger partial charge in [-0.2, -0.15) is 0 Å². The van der Waals surface area contributed by atoms with Crippen molar-refractivity contribution in [1.29, 1.82) is 0 Å². The van der Waals surface area contributed by atoms with Gasteiger partial charge in [0.25, 0.3) is 23.6 Å². The summed E-state index contributed by atoms with van der Waals surface area (Å²) >= 11 is 0. The number of carbonyl (C=O) groups is 4. The van der Waals surface area contributed by atoms with Crippen LogP contribution in [0.1, 0.15) is 114 Å². The molecule has 2 aliphatic heterocycles. The molecule has 0 aromatic heterocycles. The van der Waals surface area contributed by atoms with E-state index in [1.165, 1.54) is 9.80 Å². The number of carbonyl (C=O) groups excluding carboxylic acids is 4. The van der Waals surface area contributed by atoms with Gasteiger partial charge in [-0.1, -0.05) is 71.0 Å². The lowest BCUT2D eigenvalue weighted by atomic mass is 9.78. The highest BCUT2D eigenvalue weighted by Crippen LogP contribution is 2.38. The first-order chi connectivity index (χ1) is 24.9. The van der Waals surface area contributed by atoms with E-state index in [0.717, 1.165) is 16.7 Å². The van der Waals surface area contributed by atoms with Gasteiger partial charge in [-0.15, -0.1) is 0 Å². The van der Waals surface area contributed by atoms with Gasteiger partial charge in [0, 0.05) is 11.0 Å². The normalized spacial score (nSPS) is 14.5. The minimum atomic E-state index is -0.625. The first kappa shape index (κ1) is 35.4. The average Bonchev–Trinajstić information content (AvgIpc) is 3.51. The molecule has 0 aliphatic carbocycles. The third-order valence-corrected chi connectivity index (χ3v) is 10.0. The predicted octanol–water partition coefficient (Wildman–Crippen LogP) is 10.1. The Morgan fingerprint density at radius 3 is 1.25 bits per heavy atom. The standard InChI is InChI=1S/C45H42N2O6/c1-43(2,3)27-9-15-30(16-10-27)46-39(48)35-23-21-33(25-37(35)40(46)49)52-31-17-11-28(12-18-31)45(7,8)29-13-19-32(20-14-29)53-34-22-24-36-38(26-34)42(51)47(41(36)50)44(4,5)6/h9-26H,1-8H3. The SMILES string of the molecule is CC(C)(C)c1ccc(N2C(=O)c3ccc(Oc4ccc(C(C)(C)c5ccc(Oc6ccc7c(c6)C(=O)N(C(C)(C)C)C7=O)cc5)cc4)cc3C2=O)cc1. The van der Waals surface area contributed by atoms with Gasteiger partial charge >= 0.3 is 0 Å². The van der Waals surface area contributed by atoms with E-state index >= 15 is 0 Å². The number of imide groups is 2. The summed E-state index contributed by atoms with van der Waals surface area (Å²) in [6, 6.07) is 33.1. The molecule has 8 nitrogen and oxygen atoms in total. The topological polar surface area (TPSA) is 93.2 Å². The number of rotatable bonds is 7. The van der Waals surface area contributed by atoms with Crippen molar-refractivity contribution in [2.75, 3.05) is 4.90 Å². The molecule has 0 unspecified atom stereocenters. The molecule has 53 heavy (non-hydrogen) atoms. The lowest BCUT2D eigenvalue weighted by molar-refractivity contribution is 0.0507. The molecule has 4 amide bonds. The van der Waals surface area contributed by atoms with E-state index < -0.39 is 5.54 Å². The van der Waals surface area contributed by atoms with Crippen LogP contribution in [0.5, 0.6) is 23.0 Å². The van der Waals surface area contributed by atoms with Crippen LogP contribution in [-0.4, -0.2) is 34.1 Å². The Balaban J connectivity index is 1.02. The molecule has 5 aromatic rings. The highest BCUT2D eigenvalue weighted by molar-refractivity contribution is 6.34. The molecule has 5 aromatic carbocycles. The highest BCUT2D eigenvalue weighted by Gasteiger charge is 2.42. The summed E-state index contributed by atoms with van der Waals surface area (Å²) in [5.74, 6) is 0.802. The Labute approximate surface area is 310 Å². The van der Waals surface area contributed by atoms with Crippen LogP contribution in [-0.2, 0) is 10.8 Å². The molecule has 0 atom stereocenters. The van der Waals surface area contributed by atoms with E-state index in [4.69, 9.17) is 9.47 Å². The second-order valence-electron chi connectivity index (χ2n) is 16.2. The van der Waals surface area contributed by atoms with Crippen LogP contribution < -0.4 is 14.4 Å². The fraction of sp³-hybridized carbons (Fsp3) is 0.244. The van der Waals surface area contributed by atoms with Crippen molar-refractivity contribution < 1.29 is 28.7 Å². The fourth-order valence-electron chi connectivity index (χ4n) is 6.84. The number of amides is 4. The van der Waals surface area contributed by atoms with Crippen LogP contribution in [0.25, 0.3) is 0 Å². The van der Waals surface area contributed by atoms with Crippen molar-refractivity contribution in [2.24, 2.45) is 0 Å². The molecule has 7 rings (SSSR count). The molecule has 0 radical (unpaired) electrons. The summed E-state index contributed by atoms with van der Waals surface area (Å²) in [6.07, 6.45) is 0. The fourth-order valence-corrected chi connectivity index (χ4v) is 6.84. The van der Waals surface area contributed by atoms with Crippen LogP contribution in [0.2, 0.25) is 0 Å². The summed E-state index contributed by atoms with van der Waals surface area (Å²) in [4.78, 5) is 55.0. The van der Waals surface area contributed by atoms with E-state index in [1.807, 2.05) is 93.6 Å². The minimum absolute atomic E-state index is 0.0440. The van der Waals surface area contributed by atoms with Gasteiger partial charge in [0.2, 0.25) is 0 Å². The molecule has 268 valence electrons. The number of nitrogens with zero attached hydrogens (tertiary/aromatic N) is 2. The first-order valence-electron chi connectivity index (χ1n) is 17.7. The molecule has 0 spiro atoms. The number of hydrogen-bond donors (Lipinski definition) is 0. The predicted molar refractivity (Wildman–Crippen MR) is 205 cm³/mol. The second-order valence-corrected chi connectivity index (χ2v) is 16.2. The molecule has 2 aliphatic rings.